The molecule has 4 rings (SSSR count). The van der Waals surface area contributed by atoms with Gasteiger partial charge in [-0.05, 0) is 82.2 Å². The third kappa shape index (κ3) is 5.94. The Morgan fingerprint density at radius 3 is 2.61 bits per heavy atom. The number of hydrogen-bond donors (Lipinski definition) is 0. The van der Waals surface area contributed by atoms with Crippen molar-refractivity contribution in [3.8, 4) is 0 Å². The Balaban J connectivity index is 1.64. The number of hydrogen-bond acceptors (Lipinski definition) is 5. The standard InChI is InChI=1S/C29H37FN4O2/c1-7-24(21-11-12-21)26-25(15-19(2)22-9-8-10-23(30)16-22)31-18-32-27(26)34-14-13-33(17-20(34)3)28(35)36-29(4,5)6/h7-10,16,18,20-21H,2,11-15,17H2,1,3-6H3/b24-7-/t20-/m0/s1. The van der Waals surface area contributed by atoms with Gasteiger partial charge in [0.2, 0.25) is 0 Å². The molecule has 2 aliphatic rings. The molecule has 2 fully saturated rings. The summed E-state index contributed by atoms with van der Waals surface area (Å²) < 4.78 is 19.4. The molecular weight excluding hydrogens is 455 g/mol. The van der Waals surface area contributed by atoms with E-state index in [9.17, 15) is 9.18 Å². The van der Waals surface area contributed by atoms with Crippen LogP contribution in [0.5, 0.6) is 0 Å². The van der Waals surface area contributed by atoms with Gasteiger partial charge in [-0.25, -0.2) is 19.2 Å². The smallest absolute Gasteiger partial charge is 0.410 e. The predicted molar refractivity (Wildman–Crippen MR) is 142 cm³/mol. The molecule has 1 amide bonds. The molecule has 1 aliphatic heterocycles. The molecule has 0 bridgehead atoms. The SMILES string of the molecule is C=C(Cc1ncnc(N2CCN(C(=O)OC(C)(C)C)C[C@@H]2C)c1/C(=C\C)C1CC1)c1cccc(F)c1. The molecule has 1 atom stereocenters. The van der Waals surface area contributed by atoms with Crippen molar-refractivity contribution in [1.82, 2.24) is 14.9 Å². The summed E-state index contributed by atoms with van der Waals surface area (Å²) in [6, 6.07) is 6.59. The number of carbonyl (C=O) groups excluding carboxylic acids is 1. The molecule has 7 heteroatoms. The van der Waals surface area contributed by atoms with E-state index in [0.717, 1.165) is 41.1 Å². The van der Waals surface area contributed by atoms with E-state index in [1.807, 2.05) is 26.8 Å². The number of rotatable bonds is 6. The highest BCUT2D eigenvalue weighted by molar-refractivity contribution is 5.81. The summed E-state index contributed by atoms with van der Waals surface area (Å²) in [5.74, 6) is 1.11. The quantitative estimate of drug-likeness (QED) is 0.485. The summed E-state index contributed by atoms with van der Waals surface area (Å²) in [7, 11) is 0. The Kier molecular flexibility index (Phi) is 7.48. The summed E-state index contributed by atoms with van der Waals surface area (Å²) in [6.45, 7) is 15.8. The van der Waals surface area contributed by atoms with Crippen molar-refractivity contribution in [2.45, 2.75) is 65.5 Å². The first kappa shape index (κ1) is 25.9. The van der Waals surface area contributed by atoms with Crippen molar-refractivity contribution >= 4 is 23.1 Å². The van der Waals surface area contributed by atoms with Crippen molar-refractivity contribution in [2.24, 2.45) is 5.92 Å². The van der Waals surface area contributed by atoms with Crippen molar-refractivity contribution < 1.29 is 13.9 Å². The van der Waals surface area contributed by atoms with Gasteiger partial charge < -0.3 is 14.5 Å². The number of carbonyl (C=O) groups is 1. The Morgan fingerprint density at radius 2 is 2.00 bits per heavy atom. The zero-order valence-corrected chi connectivity index (χ0v) is 22.1. The van der Waals surface area contributed by atoms with Crippen LogP contribution in [0.15, 0.2) is 43.2 Å². The third-order valence-corrected chi connectivity index (χ3v) is 6.69. The fourth-order valence-electron chi connectivity index (χ4n) is 4.81. The summed E-state index contributed by atoms with van der Waals surface area (Å²) in [6.07, 6.45) is 6.32. The van der Waals surface area contributed by atoms with E-state index in [2.05, 4.69) is 31.4 Å². The fraction of sp³-hybridized carbons (Fsp3) is 0.483. The highest BCUT2D eigenvalue weighted by Gasteiger charge is 2.35. The number of amides is 1. The van der Waals surface area contributed by atoms with Crippen LogP contribution in [0.2, 0.25) is 0 Å². The molecular formula is C29H37FN4O2. The molecule has 1 aliphatic carbocycles. The van der Waals surface area contributed by atoms with Gasteiger partial charge in [0.05, 0.1) is 5.69 Å². The maximum atomic E-state index is 13.9. The van der Waals surface area contributed by atoms with Crippen LogP contribution < -0.4 is 4.90 Å². The fourth-order valence-corrected chi connectivity index (χ4v) is 4.81. The van der Waals surface area contributed by atoms with Crippen LogP contribution in [0.3, 0.4) is 0 Å². The molecule has 0 unspecified atom stereocenters. The monoisotopic (exact) mass is 492 g/mol. The van der Waals surface area contributed by atoms with E-state index >= 15 is 0 Å². The Bertz CT molecular complexity index is 1170. The second-order valence-corrected chi connectivity index (χ2v) is 10.8. The molecule has 0 spiro atoms. The van der Waals surface area contributed by atoms with Crippen LogP contribution in [-0.2, 0) is 11.2 Å². The van der Waals surface area contributed by atoms with Gasteiger partial charge in [0.25, 0.3) is 0 Å². The minimum Gasteiger partial charge on any atom is -0.444 e. The molecule has 2 aromatic rings. The first-order valence-corrected chi connectivity index (χ1v) is 12.8. The van der Waals surface area contributed by atoms with E-state index in [1.54, 1.807) is 17.3 Å². The van der Waals surface area contributed by atoms with Gasteiger partial charge in [0.1, 0.15) is 23.6 Å². The van der Waals surface area contributed by atoms with Crippen molar-refractivity contribution in [3.63, 3.8) is 0 Å². The normalized spacial score (nSPS) is 18.8. The Morgan fingerprint density at radius 1 is 1.25 bits per heavy atom. The molecule has 6 nitrogen and oxygen atoms in total. The van der Waals surface area contributed by atoms with Gasteiger partial charge in [-0.1, -0.05) is 24.8 Å². The zero-order chi connectivity index (χ0) is 26.0. The summed E-state index contributed by atoms with van der Waals surface area (Å²) in [5, 5.41) is 0. The van der Waals surface area contributed by atoms with Crippen molar-refractivity contribution in [1.29, 1.82) is 0 Å². The van der Waals surface area contributed by atoms with E-state index in [4.69, 9.17) is 14.7 Å². The number of anilines is 1. The third-order valence-electron chi connectivity index (χ3n) is 6.69. The van der Waals surface area contributed by atoms with Crippen LogP contribution >= 0.6 is 0 Å². The number of allylic oxidation sites excluding steroid dienone is 3. The first-order chi connectivity index (χ1) is 17.1. The number of aromatic nitrogens is 2. The molecule has 0 radical (unpaired) electrons. The molecule has 1 saturated carbocycles. The molecule has 0 N–H and O–H groups in total. The lowest BCUT2D eigenvalue weighted by Gasteiger charge is -2.41. The molecule has 2 heterocycles. The largest absolute Gasteiger partial charge is 0.444 e. The zero-order valence-electron chi connectivity index (χ0n) is 22.1. The van der Waals surface area contributed by atoms with Crippen molar-refractivity contribution in [3.05, 3.63) is 65.9 Å². The highest BCUT2D eigenvalue weighted by atomic mass is 19.1. The Labute approximate surface area is 213 Å². The number of piperazine rings is 1. The number of nitrogens with zero attached hydrogens (tertiary/aromatic N) is 4. The first-order valence-electron chi connectivity index (χ1n) is 12.8. The summed E-state index contributed by atoms with van der Waals surface area (Å²) in [4.78, 5) is 26.2. The number of ether oxygens (including phenoxy) is 1. The van der Waals surface area contributed by atoms with Gasteiger partial charge in [0, 0.05) is 37.7 Å². The lowest BCUT2D eigenvalue weighted by molar-refractivity contribution is 0.0218. The van der Waals surface area contributed by atoms with Gasteiger partial charge in [0.15, 0.2) is 0 Å². The predicted octanol–water partition coefficient (Wildman–Crippen LogP) is 6.13. The molecule has 1 aromatic heterocycles. The number of benzene rings is 1. The molecule has 36 heavy (non-hydrogen) atoms. The van der Waals surface area contributed by atoms with Crippen LogP contribution in [0.25, 0.3) is 11.1 Å². The minimum atomic E-state index is -0.526. The average molecular weight is 493 g/mol. The molecule has 192 valence electrons. The van der Waals surface area contributed by atoms with Crippen LogP contribution in [0.4, 0.5) is 15.0 Å². The van der Waals surface area contributed by atoms with Gasteiger partial charge in [-0.3, -0.25) is 0 Å². The topological polar surface area (TPSA) is 58.6 Å². The minimum absolute atomic E-state index is 0.0523. The second-order valence-electron chi connectivity index (χ2n) is 10.8. The maximum Gasteiger partial charge on any atom is 0.410 e. The lowest BCUT2D eigenvalue weighted by atomic mass is 9.93. The number of halogens is 1. The summed E-state index contributed by atoms with van der Waals surface area (Å²) in [5.41, 5.74) is 4.27. The highest BCUT2D eigenvalue weighted by Crippen LogP contribution is 2.45. The van der Waals surface area contributed by atoms with E-state index in [-0.39, 0.29) is 18.0 Å². The molecule has 1 saturated heterocycles. The van der Waals surface area contributed by atoms with Crippen molar-refractivity contribution in [2.75, 3.05) is 24.5 Å². The Hall–Kier alpha value is -3.22. The molecule has 1 aromatic carbocycles. The van der Waals surface area contributed by atoms with Crippen LogP contribution in [-0.4, -0.2) is 52.2 Å². The average Bonchev–Trinajstić information content (AvgIpc) is 3.64. The lowest BCUT2D eigenvalue weighted by Crippen LogP contribution is -2.55. The van der Waals surface area contributed by atoms with Gasteiger partial charge in [-0.15, -0.1) is 0 Å². The van der Waals surface area contributed by atoms with E-state index < -0.39 is 5.60 Å². The second kappa shape index (κ2) is 10.4. The maximum absolute atomic E-state index is 13.9. The van der Waals surface area contributed by atoms with E-state index in [0.29, 0.717) is 32.0 Å². The van der Waals surface area contributed by atoms with Crippen LogP contribution in [0.1, 0.15) is 64.3 Å². The van der Waals surface area contributed by atoms with Gasteiger partial charge in [-0.2, -0.15) is 0 Å². The summed E-state index contributed by atoms with van der Waals surface area (Å²) >= 11 is 0. The van der Waals surface area contributed by atoms with Gasteiger partial charge >= 0.3 is 6.09 Å². The van der Waals surface area contributed by atoms with Crippen LogP contribution in [0, 0.1) is 11.7 Å². The van der Waals surface area contributed by atoms with E-state index in [1.165, 1.54) is 17.7 Å².